The van der Waals surface area contributed by atoms with Crippen molar-refractivity contribution in [3.05, 3.63) is 23.8 Å². The third-order valence-corrected chi connectivity index (χ3v) is 6.90. The summed E-state index contributed by atoms with van der Waals surface area (Å²) in [4.78, 5) is 6.45. The van der Waals surface area contributed by atoms with Crippen LogP contribution in [0.4, 0.5) is 0 Å². The Morgan fingerprint density at radius 2 is 1.93 bits per heavy atom. The standard InChI is InChI=1S/C20H32N4O5S/c1-16(2)27-12-13-30(25,26)24-10-8-23(9-11-24)20(21-3)22-7-6-17-4-5-18-19(14-17)29-15-28-18/h4-5,14,16H,6-13,15H2,1-3H3,(H,21,22). The van der Waals surface area contributed by atoms with Crippen molar-refractivity contribution in [2.45, 2.75) is 26.4 Å². The highest BCUT2D eigenvalue weighted by Crippen LogP contribution is 2.32. The van der Waals surface area contributed by atoms with Gasteiger partial charge in [0.1, 0.15) is 0 Å². The number of fused-ring (bicyclic) bond motifs is 1. The Morgan fingerprint density at radius 3 is 2.63 bits per heavy atom. The lowest BCUT2D eigenvalue weighted by Crippen LogP contribution is -2.54. The molecule has 0 saturated carbocycles. The summed E-state index contributed by atoms with van der Waals surface area (Å²) in [6.07, 6.45) is 0.851. The molecule has 0 unspecified atom stereocenters. The Morgan fingerprint density at radius 1 is 1.20 bits per heavy atom. The van der Waals surface area contributed by atoms with E-state index in [1.807, 2.05) is 32.0 Å². The van der Waals surface area contributed by atoms with Crippen molar-refractivity contribution in [1.29, 1.82) is 0 Å². The molecule has 0 aromatic heterocycles. The van der Waals surface area contributed by atoms with Crippen molar-refractivity contribution in [3.63, 3.8) is 0 Å². The molecule has 0 radical (unpaired) electrons. The second-order valence-corrected chi connectivity index (χ2v) is 9.62. The fourth-order valence-electron chi connectivity index (χ4n) is 3.44. The molecular formula is C20H32N4O5S. The molecule has 2 aliphatic heterocycles. The molecule has 1 aromatic carbocycles. The quantitative estimate of drug-likeness (QED) is 0.474. The number of hydrogen-bond acceptors (Lipinski definition) is 6. The Labute approximate surface area is 179 Å². The lowest BCUT2D eigenvalue weighted by Gasteiger charge is -2.35. The number of ether oxygens (including phenoxy) is 3. The normalized spacial score (nSPS) is 17.6. The highest BCUT2D eigenvalue weighted by molar-refractivity contribution is 7.89. The molecule has 30 heavy (non-hydrogen) atoms. The summed E-state index contributed by atoms with van der Waals surface area (Å²) in [5.41, 5.74) is 1.15. The molecule has 168 valence electrons. The number of aliphatic imine (C=N–C) groups is 1. The minimum Gasteiger partial charge on any atom is -0.454 e. The predicted octanol–water partition coefficient (Wildman–Crippen LogP) is 0.906. The Balaban J connectivity index is 1.43. The fraction of sp³-hybridized carbons (Fsp3) is 0.650. The number of piperazine rings is 1. The maximum Gasteiger partial charge on any atom is 0.231 e. The molecule has 3 rings (SSSR count). The van der Waals surface area contributed by atoms with E-state index < -0.39 is 10.0 Å². The van der Waals surface area contributed by atoms with Crippen LogP contribution in [0.25, 0.3) is 0 Å². The van der Waals surface area contributed by atoms with Crippen LogP contribution in [0, 0.1) is 0 Å². The highest BCUT2D eigenvalue weighted by atomic mass is 32.2. The molecular weight excluding hydrogens is 408 g/mol. The lowest BCUT2D eigenvalue weighted by molar-refractivity contribution is 0.0904. The van der Waals surface area contributed by atoms with Gasteiger partial charge in [0.25, 0.3) is 0 Å². The van der Waals surface area contributed by atoms with Gasteiger partial charge in [-0.1, -0.05) is 6.07 Å². The molecule has 0 bridgehead atoms. The van der Waals surface area contributed by atoms with Crippen molar-refractivity contribution in [2.75, 3.05) is 58.9 Å². The van der Waals surface area contributed by atoms with Crippen LogP contribution in [-0.2, 0) is 21.2 Å². The van der Waals surface area contributed by atoms with Crippen LogP contribution >= 0.6 is 0 Å². The minimum atomic E-state index is -3.29. The van der Waals surface area contributed by atoms with E-state index >= 15 is 0 Å². The second-order valence-electron chi connectivity index (χ2n) is 7.53. The average Bonchev–Trinajstić information content (AvgIpc) is 3.19. The summed E-state index contributed by atoms with van der Waals surface area (Å²) in [6.45, 7) is 7.13. The van der Waals surface area contributed by atoms with Gasteiger partial charge in [0.2, 0.25) is 16.8 Å². The van der Waals surface area contributed by atoms with Crippen molar-refractivity contribution in [1.82, 2.24) is 14.5 Å². The number of benzene rings is 1. The first-order chi connectivity index (χ1) is 14.4. The van der Waals surface area contributed by atoms with Gasteiger partial charge in [-0.15, -0.1) is 0 Å². The van der Waals surface area contributed by atoms with E-state index in [0.29, 0.717) is 26.2 Å². The van der Waals surface area contributed by atoms with Crippen LogP contribution in [0.15, 0.2) is 23.2 Å². The first-order valence-corrected chi connectivity index (χ1v) is 11.9. The SMILES string of the molecule is CN=C(NCCc1ccc2c(c1)OCO2)N1CCN(S(=O)(=O)CCOC(C)C)CC1. The van der Waals surface area contributed by atoms with Crippen LogP contribution < -0.4 is 14.8 Å². The molecule has 1 aromatic rings. The van der Waals surface area contributed by atoms with Crippen LogP contribution in [0.3, 0.4) is 0 Å². The van der Waals surface area contributed by atoms with Gasteiger partial charge in [0.15, 0.2) is 17.5 Å². The third kappa shape index (κ3) is 5.99. The zero-order valence-corrected chi connectivity index (χ0v) is 18.8. The molecule has 10 heteroatoms. The van der Waals surface area contributed by atoms with Crippen molar-refractivity contribution >= 4 is 16.0 Å². The van der Waals surface area contributed by atoms with Crippen LogP contribution in [0.5, 0.6) is 11.5 Å². The van der Waals surface area contributed by atoms with Gasteiger partial charge >= 0.3 is 0 Å². The first-order valence-electron chi connectivity index (χ1n) is 10.3. The number of nitrogens with one attached hydrogen (secondary N) is 1. The van der Waals surface area contributed by atoms with Crippen LogP contribution in [0.1, 0.15) is 19.4 Å². The Kier molecular flexibility index (Phi) is 7.79. The van der Waals surface area contributed by atoms with Crippen molar-refractivity contribution in [3.8, 4) is 11.5 Å². The van der Waals surface area contributed by atoms with E-state index in [1.54, 1.807) is 11.4 Å². The fourth-order valence-corrected chi connectivity index (χ4v) is 4.73. The van der Waals surface area contributed by atoms with Crippen LogP contribution in [0.2, 0.25) is 0 Å². The van der Waals surface area contributed by atoms with E-state index in [2.05, 4.69) is 15.2 Å². The molecule has 0 amide bonds. The Bertz CT molecular complexity index is 836. The molecule has 0 atom stereocenters. The first kappa shape index (κ1) is 22.6. The van der Waals surface area contributed by atoms with Gasteiger partial charge in [-0.25, -0.2) is 8.42 Å². The molecule has 2 heterocycles. The van der Waals surface area contributed by atoms with Gasteiger partial charge in [-0.3, -0.25) is 4.99 Å². The molecule has 0 spiro atoms. The van der Waals surface area contributed by atoms with E-state index in [0.717, 1.165) is 36.0 Å². The number of hydrogen-bond donors (Lipinski definition) is 1. The zero-order chi connectivity index (χ0) is 21.6. The monoisotopic (exact) mass is 440 g/mol. The second kappa shape index (κ2) is 10.3. The van der Waals surface area contributed by atoms with E-state index in [1.165, 1.54) is 0 Å². The average molecular weight is 441 g/mol. The lowest BCUT2D eigenvalue weighted by atomic mass is 10.1. The topological polar surface area (TPSA) is 92.7 Å². The summed E-state index contributed by atoms with van der Waals surface area (Å²) in [6, 6.07) is 5.96. The maximum absolute atomic E-state index is 12.5. The van der Waals surface area contributed by atoms with E-state index in [-0.39, 0.29) is 25.3 Å². The predicted molar refractivity (Wildman–Crippen MR) is 116 cm³/mol. The number of sulfonamides is 1. The zero-order valence-electron chi connectivity index (χ0n) is 18.0. The summed E-state index contributed by atoms with van der Waals surface area (Å²) in [5.74, 6) is 2.38. The smallest absolute Gasteiger partial charge is 0.231 e. The molecule has 9 nitrogen and oxygen atoms in total. The van der Waals surface area contributed by atoms with Gasteiger partial charge in [-0.05, 0) is 38.0 Å². The van der Waals surface area contributed by atoms with Crippen molar-refractivity contribution < 1.29 is 22.6 Å². The summed E-state index contributed by atoms with van der Waals surface area (Å²) >= 11 is 0. The minimum absolute atomic E-state index is 0.0215. The van der Waals surface area contributed by atoms with Gasteiger partial charge in [0, 0.05) is 39.8 Å². The number of guanidine groups is 1. The van der Waals surface area contributed by atoms with Crippen molar-refractivity contribution in [2.24, 2.45) is 4.99 Å². The number of nitrogens with zero attached hydrogens (tertiary/aromatic N) is 3. The summed E-state index contributed by atoms with van der Waals surface area (Å²) in [7, 11) is -1.55. The summed E-state index contributed by atoms with van der Waals surface area (Å²) in [5, 5.41) is 3.37. The maximum atomic E-state index is 12.5. The van der Waals surface area contributed by atoms with Gasteiger partial charge < -0.3 is 24.4 Å². The third-order valence-electron chi connectivity index (χ3n) is 5.07. The number of rotatable bonds is 8. The van der Waals surface area contributed by atoms with Crippen LogP contribution in [-0.4, -0.2) is 88.6 Å². The largest absolute Gasteiger partial charge is 0.454 e. The molecule has 0 aliphatic carbocycles. The van der Waals surface area contributed by atoms with E-state index in [9.17, 15) is 8.42 Å². The summed E-state index contributed by atoms with van der Waals surface area (Å²) < 4.78 is 42.7. The van der Waals surface area contributed by atoms with Gasteiger partial charge in [-0.2, -0.15) is 4.31 Å². The van der Waals surface area contributed by atoms with Gasteiger partial charge in [0.05, 0.1) is 18.5 Å². The molecule has 1 N–H and O–H groups in total. The Hall–Kier alpha value is -2.04. The highest BCUT2D eigenvalue weighted by Gasteiger charge is 2.28. The van der Waals surface area contributed by atoms with E-state index in [4.69, 9.17) is 14.2 Å². The molecule has 1 saturated heterocycles. The molecule has 1 fully saturated rings. The molecule has 2 aliphatic rings.